The maximum Gasteiger partial charge on any atom is 0.316 e. The third-order valence-electron chi connectivity index (χ3n) is 5.89. The van der Waals surface area contributed by atoms with Crippen LogP contribution in [0, 0.1) is 12.7 Å². The van der Waals surface area contributed by atoms with E-state index in [1.54, 1.807) is 11.0 Å². The van der Waals surface area contributed by atoms with Gasteiger partial charge in [-0.05, 0) is 41.8 Å². The topological polar surface area (TPSA) is 53.1 Å². The van der Waals surface area contributed by atoms with Crippen molar-refractivity contribution in [3.8, 4) is 0 Å². The van der Waals surface area contributed by atoms with Gasteiger partial charge in [0.2, 0.25) is 0 Å². The average molecular weight is 446 g/mol. The summed E-state index contributed by atoms with van der Waals surface area (Å²) in [7, 11) is 0. The summed E-state index contributed by atoms with van der Waals surface area (Å²) in [6.45, 7) is 6.95. The number of anilines is 1. The minimum atomic E-state index is -0.579. The van der Waals surface area contributed by atoms with Crippen LogP contribution in [-0.4, -0.2) is 61.0 Å². The Kier molecular flexibility index (Phi) is 6.55. The molecule has 4 rings (SSSR count). The van der Waals surface area contributed by atoms with Crippen molar-refractivity contribution in [1.29, 1.82) is 0 Å². The summed E-state index contributed by atoms with van der Waals surface area (Å²) in [4.78, 5) is 31.1. The lowest BCUT2D eigenvalue weighted by molar-refractivity contribution is -0.146. The average Bonchev–Trinajstić information content (AvgIpc) is 2.76. The Morgan fingerprint density at radius 3 is 2.48 bits per heavy atom. The molecule has 0 aromatic heterocycles. The smallest absolute Gasteiger partial charge is 0.316 e. The molecule has 2 saturated heterocycles. The van der Waals surface area contributed by atoms with E-state index in [4.69, 9.17) is 16.3 Å². The van der Waals surface area contributed by atoms with Gasteiger partial charge in [-0.25, -0.2) is 4.39 Å². The summed E-state index contributed by atoms with van der Waals surface area (Å²) < 4.78 is 18.7. The van der Waals surface area contributed by atoms with Crippen molar-refractivity contribution in [2.24, 2.45) is 0 Å². The number of carbonyl (C=O) groups is 2. The van der Waals surface area contributed by atoms with Crippen LogP contribution >= 0.6 is 11.6 Å². The number of hydrogen-bond acceptors (Lipinski definition) is 4. The summed E-state index contributed by atoms with van der Waals surface area (Å²) in [5.74, 6) is -1.57. The SMILES string of the molecule is Cc1c(CN2CCOCC2)cccc1N1CCN(Cc2ccc(F)cc2Cl)C(=O)C1=O. The summed E-state index contributed by atoms with van der Waals surface area (Å²) in [5.41, 5.74) is 3.52. The fourth-order valence-corrected chi connectivity index (χ4v) is 4.27. The maximum absolute atomic E-state index is 13.3. The molecule has 0 atom stereocenters. The molecule has 0 radical (unpaired) electrons. The van der Waals surface area contributed by atoms with Crippen LogP contribution in [0.15, 0.2) is 36.4 Å². The van der Waals surface area contributed by atoms with Crippen LogP contribution in [0.3, 0.4) is 0 Å². The number of ether oxygens (including phenoxy) is 1. The van der Waals surface area contributed by atoms with Crippen molar-refractivity contribution >= 4 is 29.1 Å². The normalized spacial score (nSPS) is 18.0. The number of benzene rings is 2. The molecule has 0 aliphatic carbocycles. The zero-order valence-electron chi connectivity index (χ0n) is 17.4. The van der Waals surface area contributed by atoms with E-state index in [0.717, 1.165) is 49.7 Å². The number of rotatable bonds is 5. The highest BCUT2D eigenvalue weighted by atomic mass is 35.5. The molecule has 2 fully saturated rings. The molecule has 0 saturated carbocycles. The first-order chi connectivity index (χ1) is 14.9. The minimum Gasteiger partial charge on any atom is -0.379 e. The van der Waals surface area contributed by atoms with Gasteiger partial charge in [0.15, 0.2) is 0 Å². The molecule has 0 unspecified atom stereocenters. The van der Waals surface area contributed by atoms with Gasteiger partial charge in [0, 0.05) is 50.0 Å². The van der Waals surface area contributed by atoms with Crippen LogP contribution < -0.4 is 4.90 Å². The maximum atomic E-state index is 13.3. The van der Waals surface area contributed by atoms with E-state index in [1.807, 2.05) is 19.1 Å². The molecule has 164 valence electrons. The lowest BCUT2D eigenvalue weighted by atomic mass is 10.0. The molecule has 31 heavy (non-hydrogen) atoms. The summed E-state index contributed by atoms with van der Waals surface area (Å²) >= 11 is 6.09. The number of carbonyl (C=O) groups excluding carboxylic acids is 2. The van der Waals surface area contributed by atoms with E-state index >= 15 is 0 Å². The van der Waals surface area contributed by atoms with Crippen LogP contribution in [0.25, 0.3) is 0 Å². The number of morpholine rings is 1. The van der Waals surface area contributed by atoms with Gasteiger partial charge < -0.3 is 14.5 Å². The van der Waals surface area contributed by atoms with Crippen molar-refractivity contribution in [3.05, 3.63) is 63.9 Å². The highest BCUT2D eigenvalue weighted by molar-refractivity contribution is 6.41. The third kappa shape index (κ3) is 4.74. The molecule has 2 amide bonds. The fraction of sp³-hybridized carbons (Fsp3) is 0.391. The molecule has 2 aliphatic rings. The predicted molar refractivity (Wildman–Crippen MR) is 116 cm³/mol. The molecule has 8 heteroatoms. The number of halogens is 2. The van der Waals surface area contributed by atoms with E-state index in [2.05, 4.69) is 11.0 Å². The van der Waals surface area contributed by atoms with E-state index in [0.29, 0.717) is 18.7 Å². The fourth-order valence-electron chi connectivity index (χ4n) is 4.04. The molecule has 0 bridgehead atoms. The van der Waals surface area contributed by atoms with Crippen molar-refractivity contribution in [1.82, 2.24) is 9.80 Å². The van der Waals surface area contributed by atoms with E-state index in [9.17, 15) is 14.0 Å². The summed E-state index contributed by atoms with van der Waals surface area (Å²) in [6.07, 6.45) is 0. The Morgan fingerprint density at radius 2 is 1.74 bits per heavy atom. The Labute approximate surface area is 186 Å². The third-order valence-corrected chi connectivity index (χ3v) is 6.24. The van der Waals surface area contributed by atoms with Crippen LogP contribution in [0.4, 0.5) is 10.1 Å². The zero-order valence-corrected chi connectivity index (χ0v) is 18.2. The van der Waals surface area contributed by atoms with Crippen LogP contribution in [0.2, 0.25) is 5.02 Å². The van der Waals surface area contributed by atoms with Crippen molar-refractivity contribution in [3.63, 3.8) is 0 Å². The van der Waals surface area contributed by atoms with Crippen LogP contribution in [-0.2, 0) is 27.4 Å². The second-order valence-corrected chi connectivity index (χ2v) is 8.28. The van der Waals surface area contributed by atoms with Gasteiger partial charge in [-0.3, -0.25) is 14.5 Å². The van der Waals surface area contributed by atoms with E-state index < -0.39 is 17.6 Å². The Bertz CT molecular complexity index is 994. The first kappa shape index (κ1) is 21.7. The first-order valence-electron chi connectivity index (χ1n) is 10.4. The van der Waals surface area contributed by atoms with Gasteiger partial charge in [-0.15, -0.1) is 0 Å². The van der Waals surface area contributed by atoms with E-state index in [-0.39, 0.29) is 11.6 Å². The van der Waals surface area contributed by atoms with E-state index in [1.165, 1.54) is 17.0 Å². The number of hydrogen-bond donors (Lipinski definition) is 0. The molecule has 2 heterocycles. The van der Waals surface area contributed by atoms with Crippen molar-refractivity contribution in [2.75, 3.05) is 44.3 Å². The van der Waals surface area contributed by atoms with Crippen LogP contribution in [0.5, 0.6) is 0 Å². The van der Waals surface area contributed by atoms with Crippen LogP contribution in [0.1, 0.15) is 16.7 Å². The second-order valence-electron chi connectivity index (χ2n) is 7.87. The standard InChI is InChI=1S/C23H25ClFN3O3/c1-16-17(14-26-9-11-31-12-10-26)3-2-4-21(16)28-8-7-27(22(29)23(28)30)15-18-5-6-19(25)13-20(18)24/h2-6,13H,7-12,14-15H2,1H3. The molecule has 2 aromatic rings. The molecular formula is C23H25ClFN3O3. The molecular weight excluding hydrogens is 421 g/mol. The Hall–Kier alpha value is -2.48. The predicted octanol–water partition coefficient (Wildman–Crippen LogP) is 3.00. The molecule has 6 nitrogen and oxygen atoms in total. The molecule has 2 aromatic carbocycles. The summed E-state index contributed by atoms with van der Waals surface area (Å²) in [6, 6.07) is 9.93. The number of amides is 2. The van der Waals surface area contributed by atoms with Gasteiger partial charge in [0.05, 0.1) is 13.2 Å². The lowest BCUT2D eigenvalue weighted by Gasteiger charge is -2.35. The van der Waals surface area contributed by atoms with Gasteiger partial charge >= 0.3 is 11.8 Å². The highest BCUT2D eigenvalue weighted by Crippen LogP contribution is 2.27. The van der Waals surface area contributed by atoms with Gasteiger partial charge in [0.1, 0.15) is 5.82 Å². The summed E-state index contributed by atoms with van der Waals surface area (Å²) in [5, 5.41) is 0.245. The molecule has 0 spiro atoms. The molecule has 2 aliphatic heterocycles. The quantitative estimate of drug-likeness (QED) is 0.664. The minimum absolute atomic E-state index is 0.174. The zero-order chi connectivity index (χ0) is 22.0. The highest BCUT2D eigenvalue weighted by Gasteiger charge is 2.34. The number of piperazine rings is 1. The second kappa shape index (κ2) is 9.34. The van der Waals surface area contributed by atoms with Crippen molar-refractivity contribution < 1.29 is 18.7 Å². The Morgan fingerprint density at radius 1 is 0.968 bits per heavy atom. The largest absolute Gasteiger partial charge is 0.379 e. The van der Waals surface area contributed by atoms with Gasteiger partial charge in [-0.1, -0.05) is 29.8 Å². The first-order valence-corrected chi connectivity index (χ1v) is 10.7. The monoisotopic (exact) mass is 445 g/mol. The number of nitrogens with zero attached hydrogens (tertiary/aromatic N) is 3. The van der Waals surface area contributed by atoms with Crippen molar-refractivity contribution in [2.45, 2.75) is 20.0 Å². The Balaban J connectivity index is 1.48. The van der Waals surface area contributed by atoms with Gasteiger partial charge in [0.25, 0.3) is 0 Å². The lowest BCUT2D eigenvalue weighted by Crippen LogP contribution is -2.54. The molecule has 0 N–H and O–H groups in total. The van der Waals surface area contributed by atoms with Gasteiger partial charge in [-0.2, -0.15) is 0 Å².